The molecule has 0 aliphatic heterocycles. The van der Waals surface area contributed by atoms with Crippen molar-refractivity contribution in [2.24, 2.45) is 4.99 Å². The zero-order valence-corrected chi connectivity index (χ0v) is 11.7. The summed E-state index contributed by atoms with van der Waals surface area (Å²) in [5, 5.41) is 10.5. The average molecular weight is 316 g/mol. The van der Waals surface area contributed by atoms with Gasteiger partial charge >= 0.3 is 113 Å². The number of thioether (sulfide) groups is 1. The third-order valence-corrected chi connectivity index (χ3v) is 3.93. The second kappa shape index (κ2) is 7.50. The molecule has 0 bridgehead atoms. The van der Waals surface area contributed by atoms with Crippen LogP contribution in [0.5, 0.6) is 0 Å². The van der Waals surface area contributed by atoms with Gasteiger partial charge < -0.3 is 0 Å². The number of nitrogens with zero attached hydrogens (tertiary/aromatic N) is 1. The molecular weight excluding hydrogens is 303 g/mol. The molecule has 1 aromatic carbocycles. The van der Waals surface area contributed by atoms with E-state index in [-0.39, 0.29) is 0 Å². The number of carbonyl (C=O) groups excluding carboxylic acids is 1. The van der Waals surface area contributed by atoms with Crippen LogP contribution in [0.3, 0.4) is 0 Å². The Morgan fingerprint density at radius 1 is 1.47 bits per heavy atom. The maximum absolute atomic E-state index is 10.5. The first-order valence-corrected chi connectivity index (χ1v) is 6.86. The van der Waals surface area contributed by atoms with E-state index in [4.69, 9.17) is 0 Å². The molecule has 1 unspecified atom stereocenters. The van der Waals surface area contributed by atoms with Crippen molar-refractivity contribution in [3.05, 3.63) is 35.9 Å². The topological polar surface area (TPSA) is 80.1 Å². The van der Waals surface area contributed by atoms with Crippen LogP contribution in [0.4, 0.5) is 0 Å². The predicted octanol–water partition coefficient (Wildman–Crippen LogP) is -1.20. The summed E-state index contributed by atoms with van der Waals surface area (Å²) in [5.74, 6) is -0.767. The Labute approximate surface area is 113 Å². The molecular formula is C11H13N2O2SSe. The van der Waals surface area contributed by atoms with Gasteiger partial charge in [0.25, 0.3) is 0 Å². The molecule has 0 aliphatic carbocycles. The zero-order valence-electron chi connectivity index (χ0n) is 9.17. The van der Waals surface area contributed by atoms with Crippen molar-refractivity contribution in [2.45, 2.75) is 12.6 Å². The van der Waals surface area contributed by atoms with Crippen molar-refractivity contribution in [1.82, 2.24) is 0 Å². The van der Waals surface area contributed by atoms with Crippen molar-refractivity contribution in [3.8, 4) is 0 Å². The summed E-state index contributed by atoms with van der Waals surface area (Å²) in [6.45, 7) is 0.587. The van der Waals surface area contributed by atoms with E-state index in [0.717, 1.165) is 9.51 Å². The third-order valence-electron chi connectivity index (χ3n) is 1.97. The first kappa shape index (κ1) is 14.3. The van der Waals surface area contributed by atoms with Gasteiger partial charge in [0.1, 0.15) is 0 Å². The molecule has 0 fully saturated rings. The van der Waals surface area contributed by atoms with E-state index >= 15 is 0 Å². The Hall–Kier alpha value is -0.811. The predicted molar refractivity (Wildman–Crippen MR) is 67.5 cm³/mol. The first-order chi connectivity index (χ1) is 8.09. The van der Waals surface area contributed by atoms with Gasteiger partial charge in [0, 0.05) is 0 Å². The normalized spacial score (nSPS) is 13.4. The number of carboxylic acids is 1. The van der Waals surface area contributed by atoms with Crippen LogP contribution in [0, 0.1) is 0 Å². The Morgan fingerprint density at radius 3 is 2.71 bits per heavy atom. The van der Waals surface area contributed by atoms with Gasteiger partial charge in [0.15, 0.2) is 0 Å². The molecule has 0 aromatic heterocycles. The van der Waals surface area contributed by atoms with Gasteiger partial charge in [-0.3, -0.25) is 0 Å². The molecule has 1 rings (SSSR count). The number of rotatable bonds is 5. The van der Waals surface area contributed by atoms with E-state index in [1.807, 2.05) is 30.3 Å². The molecule has 0 spiro atoms. The monoisotopic (exact) mass is 317 g/mol. The number of carbonyl (C=O) groups is 1. The van der Waals surface area contributed by atoms with Crippen LogP contribution in [0.1, 0.15) is 5.56 Å². The third kappa shape index (κ3) is 5.89. The molecule has 1 radical (unpaired) electrons. The van der Waals surface area contributed by atoms with E-state index in [9.17, 15) is 9.90 Å². The standard InChI is InChI=1S/C11H13N2O2SSe/c12-9(10(14)15)7-16-11(17)13-6-8-4-2-1-3-5-8/h1-5,9H,6-7,12H2,(H,14,15). The summed E-state index contributed by atoms with van der Waals surface area (Å²) < 4.78 is 0.740. The number of hydrogen-bond acceptors (Lipinski definition) is 4. The maximum atomic E-state index is 10.5. The van der Waals surface area contributed by atoms with Crippen LogP contribution in [-0.2, 0) is 11.3 Å². The van der Waals surface area contributed by atoms with Gasteiger partial charge in [-0.25, -0.2) is 0 Å². The SMILES string of the molecule is [NH3+]C(CSC([Se])=NCc1ccccc1)C(=O)[O-]. The fourth-order valence-corrected chi connectivity index (χ4v) is 2.22. The van der Waals surface area contributed by atoms with E-state index in [2.05, 4.69) is 26.7 Å². The number of quaternary nitrogens is 1. The summed E-state index contributed by atoms with van der Waals surface area (Å²) >= 11 is 4.16. The molecule has 3 N–H and O–H groups in total. The average Bonchev–Trinajstić information content (AvgIpc) is 2.34. The van der Waals surface area contributed by atoms with Crippen molar-refractivity contribution in [3.63, 3.8) is 0 Å². The van der Waals surface area contributed by atoms with Crippen LogP contribution in [0.15, 0.2) is 35.3 Å². The molecule has 91 valence electrons. The number of carboxylic acid groups (broad SMARTS) is 1. The molecule has 0 saturated carbocycles. The molecule has 0 heterocycles. The summed E-state index contributed by atoms with van der Waals surface area (Å²) in [6.07, 6.45) is 0. The number of aliphatic carboxylic acids is 1. The van der Waals surface area contributed by atoms with Gasteiger partial charge in [-0.2, -0.15) is 0 Å². The van der Waals surface area contributed by atoms with E-state index in [0.29, 0.717) is 12.3 Å². The Bertz CT molecular complexity index is 398. The zero-order chi connectivity index (χ0) is 12.7. The molecule has 0 amide bonds. The van der Waals surface area contributed by atoms with Crippen LogP contribution < -0.4 is 10.8 Å². The van der Waals surface area contributed by atoms with Crippen molar-refractivity contribution >= 4 is 37.7 Å². The van der Waals surface area contributed by atoms with Crippen molar-refractivity contribution in [2.75, 3.05) is 5.75 Å². The van der Waals surface area contributed by atoms with Crippen LogP contribution >= 0.6 is 11.8 Å². The van der Waals surface area contributed by atoms with Crippen LogP contribution in [0.25, 0.3) is 0 Å². The summed E-state index contributed by atoms with van der Waals surface area (Å²) in [4.78, 5) is 14.8. The van der Waals surface area contributed by atoms with Gasteiger partial charge in [0.2, 0.25) is 0 Å². The van der Waals surface area contributed by atoms with E-state index in [1.165, 1.54) is 11.8 Å². The molecule has 17 heavy (non-hydrogen) atoms. The summed E-state index contributed by atoms with van der Waals surface area (Å²) in [7, 11) is 0. The van der Waals surface area contributed by atoms with Crippen LogP contribution in [-0.4, -0.2) is 37.7 Å². The quantitative estimate of drug-likeness (QED) is 0.421. The fraction of sp³-hybridized carbons (Fsp3) is 0.273. The molecule has 4 nitrogen and oxygen atoms in total. The second-order valence-electron chi connectivity index (χ2n) is 3.39. The molecule has 0 saturated heterocycles. The van der Waals surface area contributed by atoms with Crippen molar-refractivity contribution in [1.29, 1.82) is 0 Å². The molecule has 6 heteroatoms. The van der Waals surface area contributed by atoms with Crippen molar-refractivity contribution < 1.29 is 15.6 Å². The first-order valence-electron chi connectivity index (χ1n) is 5.01. The minimum atomic E-state index is -1.13. The minimum absolute atomic E-state index is 0.364. The summed E-state index contributed by atoms with van der Waals surface area (Å²) in [5.41, 5.74) is 4.59. The second-order valence-corrected chi connectivity index (χ2v) is 5.80. The number of hydrogen-bond donors (Lipinski definition) is 1. The fourth-order valence-electron chi connectivity index (χ4n) is 1.02. The Kier molecular flexibility index (Phi) is 6.29. The molecule has 1 atom stereocenters. The van der Waals surface area contributed by atoms with E-state index < -0.39 is 12.0 Å². The van der Waals surface area contributed by atoms with E-state index in [1.54, 1.807) is 0 Å². The molecule has 1 aromatic rings. The van der Waals surface area contributed by atoms with Gasteiger partial charge in [0.05, 0.1) is 0 Å². The summed E-state index contributed by atoms with van der Waals surface area (Å²) in [6, 6.07) is 9.14. The van der Waals surface area contributed by atoms with Gasteiger partial charge in [-0.1, -0.05) is 0 Å². The Balaban J connectivity index is 2.37. The Morgan fingerprint density at radius 2 is 2.12 bits per heavy atom. The molecule has 0 aliphatic rings. The van der Waals surface area contributed by atoms with Gasteiger partial charge in [-0.15, -0.1) is 0 Å². The van der Waals surface area contributed by atoms with Crippen LogP contribution in [0.2, 0.25) is 0 Å². The van der Waals surface area contributed by atoms with Gasteiger partial charge in [-0.05, 0) is 0 Å². The number of benzene rings is 1. The number of aliphatic imine (C=N–C) groups is 1.